The van der Waals surface area contributed by atoms with Crippen molar-refractivity contribution >= 4 is 35.6 Å². The monoisotopic (exact) mass is 472 g/mol. The third-order valence-electron chi connectivity index (χ3n) is 4.60. The average Bonchev–Trinajstić information content (AvgIpc) is 2.70. The molecule has 4 atom stereocenters. The molecule has 0 aromatic heterocycles. The third kappa shape index (κ3) is 12.3. The van der Waals surface area contributed by atoms with Crippen LogP contribution >= 0.6 is 0 Å². The maximum atomic E-state index is 12.7. The van der Waals surface area contributed by atoms with Gasteiger partial charge in [-0.15, -0.1) is 0 Å². The first-order chi connectivity index (χ1) is 15.3. The number of carbonyl (C=O) groups excluding carboxylic acids is 4. The molecule has 12 N–H and O–H groups in total. The van der Waals surface area contributed by atoms with Crippen molar-refractivity contribution in [1.82, 2.24) is 16.0 Å². The molecule has 33 heavy (non-hydrogen) atoms. The summed E-state index contributed by atoms with van der Waals surface area (Å²) in [6, 6.07) is -4.33. The molecule has 14 heteroatoms. The van der Waals surface area contributed by atoms with E-state index in [1.54, 1.807) is 13.8 Å². The normalized spacial score (nSPS) is 14.3. The summed E-state index contributed by atoms with van der Waals surface area (Å²) in [7, 11) is 0. The van der Waals surface area contributed by atoms with Crippen molar-refractivity contribution in [2.75, 3.05) is 6.54 Å². The Morgan fingerprint density at radius 3 is 1.97 bits per heavy atom. The molecular formula is C19H36N8O6. The van der Waals surface area contributed by atoms with Gasteiger partial charge in [0.25, 0.3) is 0 Å². The summed E-state index contributed by atoms with van der Waals surface area (Å²) in [5.74, 6) is -4.41. The van der Waals surface area contributed by atoms with Crippen molar-refractivity contribution in [2.45, 2.75) is 70.6 Å². The van der Waals surface area contributed by atoms with Gasteiger partial charge in [-0.3, -0.25) is 24.2 Å². The van der Waals surface area contributed by atoms with Gasteiger partial charge in [-0.2, -0.15) is 0 Å². The van der Waals surface area contributed by atoms with Crippen LogP contribution in [0.4, 0.5) is 0 Å². The highest BCUT2D eigenvalue weighted by Crippen LogP contribution is 2.05. The fraction of sp³-hybridized carbons (Fsp3) is 0.684. The summed E-state index contributed by atoms with van der Waals surface area (Å²) in [4.78, 5) is 63.3. The number of carbonyl (C=O) groups is 5. The Kier molecular flexibility index (Phi) is 13.1. The number of guanidine groups is 1. The van der Waals surface area contributed by atoms with Crippen LogP contribution in [-0.2, 0) is 24.0 Å². The highest BCUT2D eigenvalue weighted by molar-refractivity contribution is 5.94. The minimum atomic E-state index is -1.35. The molecule has 0 saturated heterocycles. The Morgan fingerprint density at radius 1 is 0.879 bits per heavy atom. The maximum Gasteiger partial charge on any atom is 0.326 e. The fourth-order valence-corrected chi connectivity index (χ4v) is 2.66. The summed E-state index contributed by atoms with van der Waals surface area (Å²) < 4.78 is 0. The number of hydrogen-bond acceptors (Lipinski definition) is 7. The Hall–Kier alpha value is -3.42. The predicted octanol–water partition coefficient (Wildman–Crippen LogP) is -3.15. The number of carboxylic acids is 1. The second-order valence-electron chi connectivity index (χ2n) is 7.92. The molecule has 4 unspecified atom stereocenters. The lowest BCUT2D eigenvalue weighted by Gasteiger charge is -2.25. The Morgan fingerprint density at radius 2 is 1.48 bits per heavy atom. The number of hydrogen-bond donors (Lipinski definition) is 8. The van der Waals surface area contributed by atoms with Crippen molar-refractivity contribution in [3.8, 4) is 0 Å². The number of aliphatic carboxylic acids is 1. The molecule has 0 aliphatic heterocycles. The lowest BCUT2D eigenvalue weighted by molar-refractivity contribution is -0.142. The highest BCUT2D eigenvalue weighted by atomic mass is 16.4. The predicted molar refractivity (Wildman–Crippen MR) is 120 cm³/mol. The van der Waals surface area contributed by atoms with Gasteiger partial charge in [-0.05, 0) is 32.1 Å². The molecule has 4 amide bonds. The molecule has 0 bridgehead atoms. The molecule has 0 heterocycles. The van der Waals surface area contributed by atoms with Gasteiger partial charge in [0.2, 0.25) is 23.6 Å². The first-order valence-corrected chi connectivity index (χ1v) is 10.5. The molecule has 0 spiro atoms. The number of amides is 4. The van der Waals surface area contributed by atoms with Crippen molar-refractivity contribution < 1.29 is 29.1 Å². The van der Waals surface area contributed by atoms with Crippen LogP contribution in [0.3, 0.4) is 0 Å². The Balaban J connectivity index is 4.91. The van der Waals surface area contributed by atoms with Crippen molar-refractivity contribution in [3.63, 3.8) is 0 Å². The molecule has 0 aliphatic carbocycles. The lowest BCUT2D eigenvalue weighted by Crippen LogP contribution is -2.57. The molecule has 14 nitrogen and oxygen atoms in total. The van der Waals surface area contributed by atoms with E-state index in [0.29, 0.717) is 13.0 Å². The zero-order chi connectivity index (χ0) is 25.7. The number of carboxylic acid groups (broad SMARTS) is 1. The first kappa shape index (κ1) is 29.6. The number of aliphatic imine (C=N–C) groups is 1. The average molecular weight is 473 g/mol. The van der Waals surface area contributed by atoms with Crippen LogP contribution in [0.15, 0.2) is 4.99 Å². The van der Waals surface area contributed by atoms with Gasteiger partial charge in [0.05, 0.1) is 6.04 Å². The van der Waals surface area contributed by atoms with Gasteiger partial charge in [0.15, 0.2) is 5.96 Å². The van der Waals surface area contributed by atoms with Gasteiger partial charge >= 0.3 is 5.97 Å². The number of nitrogens with zero attached hydrogens (tertiary/aromatic N) is 1. The summed E-state index contributed by atoms with van der Waals surface area (Å²) in [5.41, 5.74) is 21.3. The molecule has 0 saturated carbocycles. The van der Waals surface area contributed by atoms with Crippen LogP contribution in [-0.4, -0.2) is 71.4 Å². The number of rotatable bonds is 15. The quantitative estimate of drug-likeness (QED) is 0.0678. The molecule has 0 aromatic carbocycles. The molecular weight excluding hydrogens is 436 g/mol. The third-order valence-corrected chi connectivity index (χ3v) is 4.60. The molecule has 0 radical (unpaired) electrons. The van der Waals surface area contributed by atoms with Crippen molar-refractivity contribution in [2.24, 2.45) is 33.8 Å². The van der Waals surface area contributed by atoms with Crippen LogP contribution < -0.4 is 38.9 Å². The maximum absolute atomic E-state index is 12.7. The fourth-order valence-electron chi connectivity index (χ4n) is 2.66. The molecule has 0 rings (SSSR count). The van der Waals surface area contributed by atoms with Gasteiger partial charge in [0.1, 0.15) is 18.1 Å². The van der Waals surface area contributed by atoms with Gasteiger partial charge < -0.3 is 44.0 Å². The van der Waals surface area contributed by atoms with E-state index in [0.717, 1.165) is 0 Å². The van der Waals surface area contributed by atoms with E-state index in [9.17, 15) is 29.1 Å². The first-order valence-electron chi connectivity index (χ1n) is 10.5. The zero-order valence-corrected chi connectivity index (χ0v) is 19.2. The summed E-state index contributed by atoms with van der Waals surface area (Å²) in [6.45, 7) is 5.06. The minimum Gasteiger partial charge on any atom is -0.480 e. The van der Waals surface area contributed by atoms with Gasteiger partial charge in [-0.1, -0.05) is 13.8 Å². The van der Waals surface area contributed by atoms with Crippen molar-refractivity contribution in [1.29, 1.82) is 0 Å². The molecule has 0 fully saturated rings. The summed E-state index contributed by atoms with van der Waals surface area (Å²) in [6.07, 6.45) is 0.326. The second-order valence-corrected chi connectivity index (χ2v) is 7.92. The van der Waals surface area contributed by atoms with E-state index in [4.69, 9.17) is 22.9 Å². The summed E-state index contributed by atoms with van der Waals surface area (Å²) in [5, 5.41) is 16.4. The van der Waals surface area contributed by atoms with Crippen LogP contribution in [0.5, 0.6) is 0 Å². The van der Waals surface area contributed by atoms with E-state index < -0.39 is 53.8 Å². The molecule has 188 valence electrons. The van der Waals surface area contributed by atoms with E-state index in [2.05, 4.69) is 20.9 Å². The van der Waals surface area contributed by atoms with Crippen molar-refractivity contribution in [3.05, 3.63) is 0 Å². The zero-order valence-electron chi connectivity index (χ0n) is 19.2. The second kappa shape index (κ2) is 14.6. The summed E-state index contributed by atoms with van der Waals surface area (Å²) >= 11 is 0. The number of primary amides is 1. The van der Waals surface area contributed by atoms with Gasteiger partial charge in [0, 0.05) is 13.0 Å². The van der Waals surface area contributed by atoms with Crippen LogP contribution in [0.25, 0.3) is 0 Å². The number of nitrogens with one attached hydrogen (secondary N) is 3. The SMILES string of the molecule is CC(NC(=O)C(NC(=O)C(N)CCCN=C(N)N)C(C)C)C(=O)NC(CCC(N)=O)C(=O)O. The number of nitrogens with two attached hydrogens (primary N) is 4. The standard InChI is InChI=1S/C19H36N8O6/c1-9(2)14(27-16(30)11(20)5-4-8-24-19(22)23)17(31)25-10(3)15(29)26-12(18(32)33)6-7-13(21)28/h9-12,14H,4-8,20H2,1-3H3,(H2,21,28)(H,25,31)(H,26,29)(H,27,30)(H,32,33)(H4,22,23,24). The topological polar surface area (TPSA) is 258 Å². The highest BCUT2D eigenvalue weighted by Gasteiger charge is 2.30. The van der Waals surface area contributed by atoms with E-state index in [-0.39, 0.29) is 31.1 Å². The lowest BCUT2D eigenvalue weighted by atomic mass is 10.0. The minimum absolute atomic E-state index is 0.0646. The van der Waals surface area contributed by atoms with E-state index in [1.807, 2.05) is 0 Å². The van der Waals surface area contributed by atoms with E-state index >= 15 is 0 Å². The van der Waals surface area contributed by atoms with Gasteiger partial charge in [-0.25, -0.2) is 4.79 Å². The largest absolute Gasteiger partial charge is 0.480 e. The Labute approximate surface area is 192 Å². The van der Waals surface area contributed by atoms with Crippen LogP contribution in [0, 0.1) is 5.92 Å². The smallest absolute Gasteiger partial charge is 0.326 e. The molecule has 0 aliphatic rings. The van der Waals surface area contributed by atoms with Crippen LogP contribution in [0.2, 0.25) is 0 Å². The van der Waals surface area contributed by atoms with E-state index in [1.165, 1.54) is 6.92 Å². The van der Waals surface area contributed by atoms with Crippen LogP contribution in [0.1, 0.15) is 46.5 Å². The molecule has 0 aromatic rings. The Bertz CT molecular complexity index is 738.